The molecule has 0 amide bonds. The monoisotopic (exact) mass is 260 g/mol. The van der Waals surface area contributed by atoms with E-state index in [0.29, 0.717) is 12.8 Å². The molecule has 0 spiro atoms. The summed E-state index contributed by atoms with van der Waals surface area (Å²) in [5.74, 6) is -0.00954. The Morgan fingerprint density at radius 1 is 1.42 bits per heavy atom. The number of piperidine rings is 1. The predicted molar refractivity (Wildman–Crippen MR) is 71.2 cm³/mol. The number of aromatic amines is 1. The zero-order valence-corrected chi connectivity index (χ0v) is 10.8. The van der Waals surface area contributed by atoms with Gasteiger partial charge < -0.3 is 15.0 Å². The summed E-state index contributed by atoms with van der Waals surface area (Å²) in [6.07, 6.45) is 2.89. The topological polar surface area (TPSA) is 82.1 Å². The first-order valence-corrected chi connectivity index (χ1v) is 6.43. The van der Waals surface area contributed by atoms with E-state index in [2.05, 4.69) is 19.9 Å². The van der Waals surface area contributed by atoms with Gasteiger partial charge in [-0.1, -0.05) is 0 Å². The molecular formula is C13H16N4O2. The van der Waals surface area contributed by atoms with Crippen LogP contribution in [-0.2, 0) is 4.79 Å². The van der Waals surface area contributed by atoms with E-state index in [-0.39, 0.29) is 5.92 Å². The Kier molecular flexibility index (Phi) is 2.85. The number of nitrogens with one attached hydrogen (secondary N) is 1. The van der Waals surface area contributed by atoms with Gasteiger partial charge in [0, 0.05) is 18.8 Å². The minimum Gasteiger partial charge on any atom is -0.481 e. The molecule has 0 aromatic carbocycles. The summed E-state index contributed by atoms with van der Waals surface area (Å²) in [5.41, 5.74) is 1.89. The van der Waals surface area contributed by atoms with Crippen molar-refractivity contribution >= 4 is 22.8 Å². The zero-order chi connectivity index (χ0) is 13.4. The number of H-pyrrole nitrogens is 1. The molecule has 6 nitrogen and oxygen atoms in total. The molecule has 19 heavy (non-hydrogen) atoms. The molecule has 0 aliphatic carbocycles. The lowest BCUT2D eigenvalue weighted by atomic mass is 9.97. The third-order valence-corrected chi connectivity index (χ3v) is 3.68. The number of aryl methyl sites for hydroxylation is 1. The molecule has 2 aromatic heterocycles. The van der Waals surface area contributed by atoms with Gasteiger partial charge in [0.25, 0.3) is 0 Å². The van der Waals surface area contributed by atoms with Crippen LogP contribution in [0.1, 0.15) is 18.5 Å². The summed E-state index contributed by atoms with van der Waals surface area (Å²) in [7, 11) is 0. The van der Waals surface area contributed by atoms with E-state index in [1.165, 1.54) is 0 Å². The molecule has 0 radical (unpaired) electrons. The van der Waals surface area contributed by atoms with Crippen molar-refractivity contribution in [2.24, 2.45) is 5.92 Å². The van der Waals surface area contributed by atoms with Crippen molar-refractivity contribution in [3.8, 4) is 0 Å². The first-order chi connectivity index (χ1) is 9.15. The minimum absolute atomic E-state index is 0.221. The van der Waals surface area contributed by atoms with Crippen molar-refractivity contribution in [2.45, 2.75) is 19.8 Å². The van der Waals surface area contributed by atoms with Gasteiger partial charge in [-0.2, -0.15) is 0 Å². The van der Waals surface area contributed by atoms with E-state index < -0.39 is 5.97 Å². The zero-order valence-electron chi connectivity index (χ0n) is 10.8. The van der Waals surface area contributed by atoms with E-state index >= 15 is 0 Å². The van der Waals surface area contributed by atoms with Gasteiger partial charge in [0.05, 0.1) is 11.3 Å². The normalized spacial score (nSPS) is 17.0. The largest absolute Gasteiger partial charge is 0.481 e. The number of anilines is 1. The highest BCUT2D eigenvalue weighted by molar-refractivity contribution is 5.88. The molecule has 2 N–H and O–H groups in total. The van der Waals surface area contributed by atoms with E-state index in [4.69, 9.17) is 5.11 Å². The number of hydrogen-bond acceptors (Lipinski definition) is 4. The quantitative estimate of drug-likeness (QED) is 0.856. The molecule has 1 saturated heterocycles. The first-order valence-electron chi connectivity index (χ1n) is 6.43. The summed E-state index contributed by atoms with van der Waals surface area (Å²) < 4.78 is 0. The van der Waals surface area contributed by atoms with Gasteiger partial charge in [-0.05, 0) is 25.8 Å². The van der Waals surface area contributed by atoms with Crippen molar-refractivity contribution in [3.63, 3.8) is 0 Å². The molecule has 1 aliphatic rings. The molecule has 100 valence electrons. The van der Waals surface area contributed by atoms with Gasteiger partial charge in [0.1, 0.15) is 17.8 Å². The fourth-order valence-corrected chi connectivity index (χ4v) is 2.65. The number of hydrogen-bond donors (Lipinski definition) is 2. The molecule has 0 saturated carbocycles. The maximum atomic E-state index is 11.0. The number of carboxylic acid groups (broad SMARTS) is 1. The summed E-state index contributed by atoms with van der Waals surface area (Å²) in [6.45, 7) is 3.45. The van der Waals surface area contributed by atoms with Crippen LogP contribution in [-0.4, -0.2) is 39.1 Å². The Morgan fingerprint density at radius 3 is 2.84 bits per heavy atom. The van der Waals surface area contributed by atoms with Crippen LogP contribution in [0, 0.1) is 12.8 Å². The van der Waals surface area contributed by atoms with Crippen molar-refractivity contribution in [2.75, 3.05) is 18.0 Å². The number of carbonyl (C=O) groups is 1. The van der Waals surface area contributed by atoms with Gasteiger partial charge in [0.2, 0.25) is 0 Å². The van der Waals surface area contributed by atoms with Crippen LogP contribution < -0.4 is 4.90 Å². The number of carboxylic acids is 1. The summed E-state index contributed by atoms with van der Waals surface area (Å²) >= 11 is 0. The highest BCUT2D eigenvalue weighted by Gasteiger charge is 2.26. The fourth-order valence-electron chi connectivity index (χ4n) is 2.65. The van der Waals surface area contributed by atoms with Crippen LogP contribution in [0.4, 0.5) is 5.82 Å². The second kappa shape index (κ2) is 4.53. The van der Waals surface area contributed by atoms with Crippen molar-refractivity contribution in [1.82, 2.24) is 15.0 Å². The van der Waals surface area contributed by atoms with Gasteiger partial charge in [-0.3, -0.25) is 4.79 Å². The molecule has 6 heteroatoms. The first kappa shape index (κ1) is 12.0. The van der Waals surface area contributed by atoms with Gasteiger partial charge in [0.15, 0.2) is 0 Å². The Hall–Kier alpha value is -2.11. The molecular weight excluding hydrogens is 244 g/mol. The Balaban J connectivity index is 1.87. The van der Waals surface area contributed by atoms with Crippen LogP contribution in [0.2, 0.25) is 0 Å². The van der Waals surface area contributed by atoms with E-state index in [1.807, 2.05) is 13.0 Å². The van der Waals surface area contributed by atoms with E-state index in [9.17, 15) is 4.79 Å². The van der Waals surface area contributed by atoms with Crippen molar-refractivity contribution < 1.29 is 9.90 Å². The maximum absolute atomic E-state index is 11.0. The van der Waals surface area contributed by atoms with Crippen molar-refractivity contribution in [3.05, 3.63) is 18.1 Å². The van der Waals surface area contributed by atoms with Gasteiger partial charge in [-0.25, -0.2) is 9.97 Å². The van der Waals surface area contributed by atoms with Crippen LogP contribution in [0.15, 0.2) is 12.4 Å². The highest BCUT2D eigenvalue weighted by Crippen LogP contribution is 2.27. The molecule has 1 fully saturated rings. The Labute approximate surface area is 110 Å². The Morgan fingerprint density at radius 2 is 2.16 bits per heavy atom. The number of aliphatic carboxylic acids is 1. The lowest BCUT2D eigenvalue weighted by Gasteiger charge is -2.31. The minimum atomic E-state index is -0.690. The SMILES string of the molecule is Cc1cc2c(N3CCC(C(=O)O)CC3)ncnc2[nH]1. The summed E-state index contributed by atoms with van der Waals surface area (Å²) in [6, 6.07) is 2.04. The van der Waals surface area contributed by atoms with Crippen LogP contribution in [0.5, 0.6) is 0 Å². The molecule has 0 atom stereocenters. The lowest BCUT2D eigenvalue weighted by Crippen LogP contribution is -2.36. The average Bonchev–Trinajstić information content (AvgIpc) is 2.78. The second-order valence-electron chi connectivity index (χ2n) is 5.01. The fraction of sp³-hybridized carbons (Fsp3) is 0.462. The van der Waals surface area contributed by atoms with Crippen LogP contribution in [0.25, 0.3) is 11.0 Å². The Bertz CT molecular complexity index is 614. The summed E-state index contributed by atoms with van der Waals surface area (Å²) in [4.78, 5) is 24.9. The molecule has 0 bridgehead atoms. The van der Waals surface area contributed by atoms with Gasteiger partial charge >= 0.3 is 5.97 Å². The number of aromatic nitrogens is 3. The number of fused-ring (bicyclic) bond motifs is 1. The number of nitrogens with zero attached hydrogens (tertiary/aromatic N) is 3. The molecule has 3 rings (SSSR count). The second-order valence-corrected chi connectivity index (χ2v) is 5.01. The molecule has 1 aliphatic heterocycles. The third-order valence-electron chi connectivity index (χ3n) is 3.68. The number of rotatable bonds is 2. The third kappa shape index (κ3) is 2.14. The van der Waals surface area contributed by atoms with Crippen LogP contribution >= 0.6 is 0 Å². The van der Waals surface area contributed by atoms with E-state index in [0.717, 1.165) is 35.6 Å². The smallest absolute Gasteiger partial charge is 0.306 e. The van der Waals surface area contributed by atoms with Crippen molar-refractivity contribution in [1.29, 1.82) is 0 Å². The van der Waals surface area contributed by atoms with E-state index in [1.54, 1.807) is 6.33 Å². The molecule has 0 unspecified atom stereocenters. The van der Waals surface area contributed by atoms with Gasteiger partial charge in [-0.15, -0.1) is 0 Å². The molecule has 3 heterocycles. The summed E-state index contributed by atoms with van der Waals surface area (Å²) in [5, 5.41) is 10.0. The predicted octanol–water partition coefficient (Wildman–Crippen LogP) is 1.57. The maximum Gasteiger partial charge on any atom is 0.306 e. The lowest BCUT2D eigenvalue weighted by molar-refractivity contribution is -0.142. The molecule has 2 aromatic rings. The standard InChI is InChI=1S/C13H16N4O2/c1-8-6-10-11(16-8)14-7-15-12(10)17-4-2-9(3-5-17)13(18)19/h6-7,9H,2-5H2,1H3,(H,18,19)(H,14,15,16). The van der Waals surface area contributed by atoms with Crippen LogP contribution in [0.3, 0.4) is 0 Å². The highest BCUT2D eigenvalue weighted by atomic mass is 16.4. The average molecular weight is 260 g/mol.